The lowest BCUT2D eigenvalue weighted by atomic mass is 10.2. The number of nitrogens with zero attached hydrogens (tertiary/aromatic N) is 5. The molecule has 118 valence electrons. The van der Waals surface area contributed by atoms with E-state index < -0.39 is 0 Å². The molecule has 8 nitrogen and oxygen atoms in total. The van der Waals surface area contributed by atoms with Crippen LogP contribution in [0.4, 0.5) is 5.69 Å². The number of amides is 1. The second-order valence-electron chi connectivity index (χ2n) is 4.75. The molecule has 3 rings (SSSR count). The Labute approximate surface area is 137 Å². The Morgan fingerprint density at radius 2 is 2.12 bits per heavy atom. The highest BCUT2D eigenvalue weighted by atomic mass is 16.5. The highest BCUT2D eigenvalue weighted by Gasteiger charge is 2.07. The normalized spacial score (nSPS) is 9.96. The minimum absolute atomic E-state index is 0.201. The summed E-state index contributed by atoms with van der Waals surface area (Å²) in [6.07, 6.45) is 1.46. The second-order valence-corrected chi connectivity index (χ2v) is 4.75. The van der Waals surface area contributed by atoms with Gasteiger partial charge in [-0.25, -0.2) is 4.68 Å². The van der Waals surface area contributed by atoms with Crippen molar-refractivity contribution in [2.75, 3.05) is 11.9 Å². The largest absolute Gasteiger partial charge is 0.482 e. The van der Waals surface area contributed by atoms with Gasteiger partial charge in [-0.1, -0.05) is 18.2 Å². The lowest BCUT2D eigenvalue weighted by Crippen LogP contribution is -2.20. The number of para-hydroxylation sites is 1. The number of benzene rings is 2. The van der Waals surface area contributed by atoms with E-state index in [2.05, 4.69) is 20.8 Å². The van der Waals surface area contributed by atoms with Crippen molar-refractivity contribution in [2.45, 2.75) is 0 Å². The molecule has 0 aliphatic carbocycles. The van der Waals surface area contributed by atoms with Crippen molar-refractivity contribution in [3.63, 3.8) is 0 Å². The molecule has 1 N–H and O–H groups in total. The Morgan fingerprint density at radius 3 is 2.92 bits per heavy atom. The molecule has 0 saturated carbocycles. The van der Waals surface area contributed by atoms with Crippen LogP contribution < -0.4 is 10.1 Å². The molecule has 0 spiro atoms. The number of nitriles is 1. The Morgan fingerprint density at radius 1 is 1.25 bits per heavy atom. The first kappa shape index (κ1) is 15.2. The first-order valence-corrected chi connectivity index (χ1v) is 7.01. The van der Waals surface area contributed by atoms with Crippen LogP contribution in [0.3, 0.4) is 0 Å². The fourth-order valence-corrected chi connectivity index (χ4v) is 2.03. The molecule has 0 unspecified atom stereocenters. The van der Waals surface area contributed by atoms with Gasteiger partial charge in [0.05, 0.1) is 11.3 Å². The number of ether oxygens (including phenoxy) is 1. The first-order chi connectivity index (χ1) is 11.8. The average Bonchev–Trinajstić information content (AvgIpc) is 3.15. The maximum atomic E-state index is 12.0. The summed E-state index contributed by atoms with van der Waals surface area (Å²) in [5.74, 6) is 0.0363. The van der Waals surface area contributed by atoms with Gasteiger partial charge in [0.15, 0.2) is 6.61 Å². The molecule has 0 saturated heterocycles. The zero-order chi connectivity index (χ0) is 16.8. The van der Waals surface area contributed by atoms with Gasteiger partial charge < -0.3 is 10.1 Å². The Kier molecular flexibility index (Phi) is 4.44. The van der Waals surface area contributed by atoms with Gasteiger partial charge >= 0.3 is 0 Å². The summed E-state index contributed by atoms with van der Waals surface area (Å²) in [6.45, 7) is -0.201. The zero-order valence-corrected chi connectivity index (χ0v) is 12.5. The van der Waals surface area contributed by atoms with E-state index in [-0.39, 0.29) is 12.5 Å². The second kappa shape index (κ2) is 7.02. The van der Waals surface area contributed by atoms with E-state index in [4.69, 9.17) is 10.00 Å². The SMILES string of the molecule is N#Cc1ccccc1OCC(=O)Nc1cccc(-n2cnnn2)c1. The van der Waals surface area contributed by atoms with Crippen LogP contribution in [0.2, 0.25) is 0 Å². The fraction of sp³-hybridized carbons (Fsp3) is 0.0625. The summed E-state index contributed by atoms with van der Waals surface area (Å²) in [7, 11) is 0. The van der Waals surface area contributed by atoms with E-state index in [0.29, 0.717) is 22.7 Å². The Balaban J connectivity index is 1.63. The standard InChI is InChI=1S/C16H12N6O2/c17-9-12-4-1-2-7-15(12)24-10-16(23)19-13-5-3-6-14(8-13)22-11-18-20-21-22/h1-8,11H,10H2,(H,19,23). The van der Waals surface area contributed by atoms with Crippen LogP contribution in [-0.4, -0.2) is 32.7 Å². The van der Waals surface area contributed by atoms with Crippen molar-refractivity contribution in [2.24, 2.45) is 0 Å². The molecule has 24 heavy (non-hydrogen) atoms. The molecular formula is C16H12N6O2. The number of nitrogens with one attached hydrogen (secondary N) is 1. The van der Waals surface area contributed by atoms with Crippen LogP contribution in [0, 0.1) is 11.3 Å². The van der Waals surface area contributed by atoms with Gasteiger partial charge in [-0.05, 0) is 40.8 Å². The van der Waals surface area contributed by atoms with Crippen LogP contribution in [0.25, 0.3) is 5.69 Å². The molecule has 0 bridgehead atoms. The van der Waals surface area contributed by atoms with Crippen molar-refractivity contribution >= 4 is 11.6 Å². The number of carbonyl (C=O) groups is 1. The van der Waals surface area contributed by atoms with E-state index in [0.717, 1.165) is 0 Å². The molecule has 2 aromatic carbocycles. The maximum Gasteiger partial charge on any atom is 0.262 e. The number of carbonyl (C=O) groups excluding carboxylic acids is 1. The van der Waals surface area contributed by atoms with Crippen LogP contribution in [0.15, 0.2) is 54.9 Å². The number of tetrazole rings is 1. The van der Waals surface area contributed by atoms with E-state index >= 15 is 0 Å². The number of hydrogen-bond donors (Lipinski definition) is 1. The molecule has 0 aliphatic heterocycles. The number of rotatable bonds is 5. The molecule has 0 atom stereocenters. The van der Waals surface area contributed by atoms with Crippen molar-refractivity contribution < 1.29 is 9.53 Å². The lowest BCUT2D eigenvalue weighted by molar-refractivity contribution is -0.118. The number of anilines is 1. The third-order valence-electron chi connectivity index (χ3n) is 3.11. The van der Waals surface area contributed by atoms with Crippen LogP contribution in [0.5, 0.6) is 5.75 Å². The van der Waals surface area contributed by atoms with Gasteiger partial charge in [-0.3, -0.25) is 4.79 Å². The van der Waals surface area contributed by atoms with Crippen LogP contribution in [-0.2, 0) is 4.79 Å². The fourth-order valence-electron chi connectivity index (χ4n) is 2.03. The Hall–Kier alpha value is -3.73. The third-order valence-corrected chi connectivity index (χ3v) is 3.11. The highest BCUT2D eigenvalue weighted by Crippen LogP contribution is 2.17. The monoisotopic (exact) mass is 320 g/mol. The first-order valence-electron chi connectivity index (χ1n) is 7.01. The average molecular weight is 320 g/mol. The molecule has 0 aliphatic rings. The summed E-state index contributed by atoms with van der Waals surface area (Å²) in [4.78, 5) is 12.0. The van der Waals surface area contributed by atoms with Gasteiger partial charge in [0.25, 0.3) is 5.91 Å². The predicted octanol–water partition coefficient (Wildman–Crippen LogP) is 1.55. The molecule has 1 amide bonds. The lowest BCUT2D eigenvalue weighted by Gasteiger charge is -2.09. The maximum absolute atomic E-state index is 12.0. The van der Waals surface area contributed by atoms with Gasteiger partial charge in [-0.2, -0.15) is 5.26 Å². The molecule has 0 radical (unpaired) electrons. The van der Waals surface area contributed by atoms with Gasteiger partial charge in [-0.15, -0.1) is 5.10 Å². The molecule has 1 heterocycles. The van der Waals surface area contributed by atoms with Crippen LogP contribution in [0.1, 0.15) is 5.56 Å². The molecule has 0 fully saturated rings. The topological polar surface area (TPSA) is 106 Å². The van der Waals surface area contributed by atoms with Crippen molar-refractivity contribution in [3.05, 3.63) is 60.4 Å². The van der Waals surface area contributed by atoms with Gasteiger partial charge in [0, 0.05) is 5.69 Å². The van der Waals surface area contributed by atoms with Crippen LogP contribution >= 0.6 is 0 Å². The van der Waals surface area contributed by atoms with Gasteiger partial charge in [0.1, 0.15) is 18.1 Å². The van der Waals surface area contributed by atoms with Crippen molar-refractivity contribution in [1.82, 2.24) is 20.2 Å². The summed E-state index contributed by atoms with van der Waals surface area (Å²) in [5.41, 5.74) is 1.68. The minimum Gasteiger partial charge on any atom is -0.482 e. The molecule has 8 heteroatoms. The Bertz CT molecular complexity index is 886. The van der Waals surface area contributed by atoms with E-state index in [9.17, 15) is 4.79 Å². The summed E-state index contributed by atoms with van der Waals surface area (Å²) < 4.78 is 6.87. The minimum atomic E-state index is -0.336. The van der Waals surface area contributed by atoms with Gasteiger partial charge in [0.2, 0.25) is 0 Å². The summed E-state index contributed by atoms with van der Waals surface area (Å²) >= 11 is 0. The molecule has 1 aromatic heterocycles. The van der Waals surface area contributed by atoms with Crippen molar-refractivity contribution in [3.8, 4) is 17.5 Å². The van der Waals surface area contributed by atoms with E-state index in [1.807, 2.05) is 12.1 Å². The molecule has 3 aromatic rings. The van der Waals surface area contributed by atoms with E-state index in [1.165, 1.54) is 11.0 Å². The molecular weight excluding hydrogens is 308 g/mol. The highest BCUT2D eigenvalue weighted by molar-refractivity contribution is 5.92. The van der Waals surface area contributed by atoms with E-state index in [1.54, 1.807) is 42.5 Å². The summed E-state index contributed by atoms with van der Waals surface area (Å²) in [5, 5.41) is 22.6. The van der Waals surface area contributed by atoms with Crippen molar-refractivity contribution in [1.29, 1.82) is 5.26 Å². The third kappa shape index (κ3) is 3.53. The smallest absolute Gasteiger partial charge is 0.262 e. The number of aromatic nitrogens is 4. The summed E-state index contributed by atoms with van der Waals surface area (Å²) in [6, 6.07) is 15.8. The predicted molar refractivity (Wildman–Crippen MR) is 84.4 cm³/mol. The zero-order valence-electron chi connectivity index (χ0n) is 12.5. The quantitative estimate of drug-likeness (QED) is 0.764. The number of hydrogen-bond acceptors (Lipinski definition) is 6.